The fourth-order valence-electron chi connectivity index (χ4n) is 1.50. The summed E-state index contributed by atoms with van der Waals surface area (Å²) < 4.78 is 0. The number of nitrogens with zero attached hydrogens (tertiary/aromatic N) is 1. The van der Waals surface area contributed by atoms with Crippen LogP contribution in [0.25, 0.3) is 0 Å². The largest absolute Gasteiger partial charge is 0.352 e. The van der Waals surface area contributed by atoms with E-state index in [1.165, 1.54) is 6.42 Å². The highest BCUT2D eigenvalue weighted by atomic mass is 16.1. The van der Waals surface area contributed by atoms with Crippen LogP contribution in [-0.2, 0) is 11.3 Å². The van der Waals surface area contributed by atoms with Crippen molar-refractivity contribution in [3.63, 3.8) is 0 Å². The Bertz CT molecular complexity index is 306. The molecule has 1 N–H and O–H groups in total. The van der Waals surface area contributed by atoms with Gasteiger partial charge >= 0.3 is 0 Å². The van der Waals surface area contributed by atoms with Gasteiger partial charge in [0, 0.05) is 24.9 Å². The van der Waals surface area contributed by atoms with E-state index < -0.39 is 0 Å². The number of nitrogens with one attached hydrogen (secondary N) is 1. The van der Waals surface area contributed by atoms with Gasteiger partial charge in [0.1, 0.15) is 0 Å². The lowest BCUT2D eigenvalue weighted by atomic mass is 9.85. The van der Waals surface area contributed by atoms with Gasteiger partial charge in [-0.05, 0) is 30.5 Å². The number of aromatic nitrogens is 1. The molecule has 2 rings (SSSR count). The molecule has 1 aromatic rings. The number of hydrogen-bond donors (Lipinski definition) is 1. The monoisotopic (exact) mass is 190 g/mol. The van der Waals surface area contributed by atoms with Gasteiger partial charge < -0.3 is 5.32 Å². The molecule has 3 heteroatoms. The second kappa shape index (κ2) is 4.22. The van der Waals surface area contributed by atoms with E-state index in [0.29, 0.717) is 6.54 Å². The molecule has 0 bridgehead atoms. The average molecular weight is 190 g/mol. The topological polar surface area (TPSA) is 42.0 Å². The minimum Gasteiger partial charge on any atom is -0.352 e. The number of carbonyl (C=O) groups is 1. The molecule has 1 aliphatic rings. The van der Waals surface area contributed by atoms with Gasteiger partial charge in [-0.1, -0.05) is 6.42 Å². The van der Waals surface area contributed by atoms with Crippen molar-refractivity contribution in [1.82, 2.24) is 10.3 Å². The third kappa shape index (κ3) is 2.10. The fraction of sp³-hybridized carbons (Fsp3) is 0.455. The van der Waals surface area contributed by atoms with Crippen molar-refractivity contribution in [2.75, 3.05) is 0 Å². The Morgan fingerprint density at radius 3 is 2.71 bits per heavy atom. The number of hydrogen-bond acceptors (Lipinski definition) is 2. The maximum Gasteiger partial charge on any atom is 0.223 e. The van der Waals surface area contributed by atoms with Crippen molar-refractivity contribution >= 4 is 5.91 Å². The molecule has 1 fully saturated rings. The number of rotatable bonds is 3. The standard InChI is InChI=1S/C11H14N2O/c14-11(10-2-1-3-10)13-8-9-4-6-12-7-5-9/h4-7,10H,1-3,8H2,(H,13,14). The number of carbonyl (C=O) groups excluding carboxylic acids is 1. The van der Waals surface area contributed by atoms with Gasteiger partial charge in [-0.3, -0.25) is 9.78 Å². The summed E-state index contributed by atoms with van der Waals surface area (Å²) in [6, 6.07) is 3.84. The van der Waals surface area contributed by atoms with Crippen LogP contribution < -0.4 is 5.32 Å². The van der Waals surface area contributed by atoms with Crippen LogP contribution in [0.1, 0.15) is 24.8 Å². The summed E-state index contributed by atoms with van der Waals surface area (Å²) in [5, 5.41) is 2.93. The third-order valence-corrected chi connectivity index (χ3v) is 2.69. The smallest absolute Gasteiger partial charge is 0.223 e. The molecule has 1 amide bonds. The predicted octanol–water partition coefficient (Wildman–Crippen LogP) is 1.50. The van der Waals surface area contributed by atoms with E-state index in [9.17, 15) is 4.79 Å². The quantitative estimate of drug-likeness (QED) is 0.784. The first kappa shape index (κ1) is 9.19. The Morgan fingerprint density at radius 1 is 1.43 bits per heavy atom. The number of amides is 1. The Hall–Kier alpha value is -1.38. The predicted molar refractivity (Wildman–Crippen MR) is 53.4 cm³/mol. The van der Waals surface area contributed by atoms with Crippen LogP contribution in [0, 0.1) is 5.92 Å². The van der Waals surface area contributed by atoms with Crippen LogP contribution in [-0.4, -0.2) is 10.9 Å². The molecule has 1 aliphatic carbocycles. The molecule has 0 aliphatic heterocycles. The highest BCUT2D eigenvalue weighted by Crippen LogP contribution is 2.26. The first-order valence-corrected chi connectivity index (χ1v) is 5.03. The third-order valence-electron chi connectivity index (χ3n) is 2.69. The molecule has 0 saturated heterocycles. The van der Waals surface area contributed by atoms with Gasteiger partial charge in [-0.15, -0.1) is 0 Å². The van der Waals surface area contributed by atoms with Crippen LogP contribution >= 0.6 is 0 Å². The lowest BCUT2D eigenvalue weighted by molar-refractivity contribution is -0.127. The van der Waals surface area contributed by atoms with Crippen LogP contribution in [0.15, 0.2) is 24.5 Å². The maximum atomic E-state index is 11.5. The van der Waals surface area contributed by atoms with Crippen molar-refractivity contribution in [1.29, 1.82) is 0 Å². The second-order valence-electron chi connectivity index (χ2n) is 3.70. The Balaban J connectivity index is 1.79. The molecule has 0 aromatic carbocycles. The first-order valence-electron chi connectivity index (χ1n) is 5.03. The maximum absolute atomic E-state index is 11.5. The van der Waals surface area contributed by atoms with Gasteiger partial charge in [-0.2, -0.15) is 0 Å². The fourth-order valence-corrected chi connectivity index (χ4v) is 1.50. The van der Waals surface area contributed by atoms with E-state index in [2.05, 4.69) is 10.3 Å². The van der Waals surface area contributed by atoms with Gasteiger partial charge in [-0.25, -0.2) is 0 Å². The van der Waals surface area contributed by atoms with Gasteiger partial charge in [0.15, 0.2) is 0 Å². The minimum absolute atomic E-state index is 0.202. The van der Waals surface area contributed by atoms with Crippen molar-refractivity contribution in [3.8, 4) is 0 Å². The zero-order valence-corrected chi connectivity index (χ0v) is 8.07. The van der Waals surface area contributed by atoms with E-state index in [-0.39, 0.29) is 11.8 Å². The normalized spacial score (nSPS) is 16.0. The van der Waals surface area contributed by atoms with Crippen molar-refractivity contribution in [2.45, 2.75) is 25.8 Å². The SMILES string of the molecule is O=C(NCc1ccncc1)C1CCC1. The van der Waals surface area contributed by atoms with Crippen LogP contribution in [0.5, 0.6) is 0 Å². The van der Waals surface area contributed by atoms with E-state index >= 15 is 0 Å². The first-order chi connectivity index (χ1) is 6.86. The summed E-state index contributed by atoms with van der Waals surface area (Å²) in [6.07, 6.45) is 6.80. The molecule has 1 saturated carbocycles. The zero-order chi connectivity index (χ0) is 9.80. The molecular formula is C11H14N2O. The van der Waals surface area contributed by atoms with Gasteiger partial charge in [0.2, 0.25) is 5.91 Å². The minimum atomic E-state index is 0.202. The lowest BCUT2D eigenvalue weighted by Gasteiger charge is -2.23. The summed E-state index contributed by atoms with van der Waals surface area (Å²) in [4.78, 5) is 15.4. The molecule has 1 heterocycles. The summed E-state index contributed by atoms with van der Waals surface area (Å²) in [7, 11) is 0. The summed E-state index contributed by atoms with van der Waals surface area (Å²) in [5.41, 5.74) is 1.10. The summed E-state index contributed by atoms with van der Waals surface area (Å²) in [5.74, 6) is 0.477. The molecular weight excluding hydrogens is 176 g/mol. The molecule has 0 spiro atoms. The molecule has 74 valence electrons. The van der Waals surface area contributed by atoms with Crippen molar-refractivity contribution < 1.29 is 4.79 Å². The molecule has 3 nitrogen and oxygen atoms in total. The van der Waals surface area contributed by atoms with Gasteiger partial charge in [0.05, 0.1) is 0 Å². The van der Waals surface area contributed by atoms with E-state index in [1.54, 1.807) is 12.4 Å². The average Bonchev–Trinajstić information content (AvgIpc) is 2.14. The molecule has 14 heavy (non-hydrogen) atoms. The summed E-state index contributed by atoms with van der Waals surface area (Å²) in [6.45, 7) is 0.623. The molecule has 1 aromatic heterocycles. The van der Waals surface area contributed by atoms with Crippen LogP contribution in [0.3, 0.4) is 0 Å². The molecule has 0 atom stereocenters. The molecule has 0 unspecified atom stereocenters. The van der Waals surface area contributed by atoms with E-state index in [4.69, 9.17) is 0 Å². The summed E-state index contributed by atoms with van der Waals surface area (Å²) >= 11 is 0. The lowest BCUT2D eigenvalue weighted by Crippen LogP contribution is -2.33. The highest BCUT2D eigenvalue weighted by molar-refractivity contribution is 5.79. The zero-order valence-electron chi connectivity index (χ0n) is 8.07. The van der Waals surface area contributed by atoms with Crippen molar-refractivity contribution in [2.24, 2.45) is 5.92 Å². The van der Waals surface area contributed by atoms with E-state index in [1.807, 2.05) is 12.1 Å². The Labute approximate surface area is 83.5 Å². The highest BCUT2D eigenvalue weighted by Gasteiger charge is 2.24. The molecule has 0 radical (unpaired) electrons. The van der Waals surface area contributed by atoms with Gasteiger partial charge in [0.25, 0.3) is 0 Å². The second-order valence-corrected chi connectivity index (χ2v) is 3.70. The Kier molecular flexibility index (Phi) is 2.77. The van der Waals surface area contributed by atoms with Crippen LogP contribution in [0.4, 0.5) is 0 Å². The Morgan fingerprint density at radius 2 is 2.14 bits per heavy atom. The van der Waals surface area contributed by atoms with Crippen LogP contribution in [0.2, 0.25) is 0 Å². The number of pyridine rings is 1. The van der Waals surface area contributed by atoms with Crippen molar-refractivity contribution in [3.05, 3.63) is 30.1 Å². The van der Waals surface area contributed by atoms with E-state index in [0.717, 1.165) is 18.4 Å².